The molecule has 0 atom stereocenters. The van der Waals surface area contributed by atoms with Gasteiger partial charge in [0.05, 0.1) is 12.0 Å². The van der Waals surface area contributed by atoms with E-state index in [1.54, 1.807) is 0 Å². The quantitative estimate of drug-likeness (QED) is 0.481. The lowest BCUT2D eigenvalue weighted by Crippen LogP contribution is -2.61. The summed E-state index contributed by atoms with van der Waals surface area (Å²) in [6.45, 7) is 3.82. The van der Waals surface area contributed by atoms with Gasteiger partial charge in [-0.3, -0.25) is 14.9 Å². The molecule has 2 N–H and O–H groups in total. The van der Waals surface area contributed by atoms with E-state index in [4.69, 9.17) is 9.15 Å². The molecule has 8 nitrogen and oxygen atoms in total. The standard InChI is InChI=1S/C27H24N2O6/c1-2-12-27(25(31)32)15-29(16-27)24(30)23-22(11-13-34-23)28-26(33)35-14-21-19-9-5-3-7-17(19)18-8-4-6-10-20(18)21/h2-11,13,21H,1,12,14-16H2,(H,28,33)(H,31,32). The Morgan fingerprint density at radius 3 is 2.31 bits per heavy atom. The molecule has 3 aromatic rings. The third kappa shape index (κ3) is 3.86. The Morgan fingerprint density at radius 2 is 1.71 bits per heavy atom. The van der Waals surface area contributed by atoms with Crippen molar-refractivity contribution in [1.29, 1.82) is 0 Å². The minimum atomic E-state index is -1.04. The monoisotopic (exact) mass is 472 g/mol. The van der Waals surface area contributed by atoms with E-state index in [0.29, 0.717) is 0 Å². The van der Waals surface area contributed by atoms with Gasteiger partial charge < -0.3 is 19.2 Å². The van der Waals surface area contributed by atoms with Crippen LogP contribution in [0.4, 0.5) is 10.5 Å². The van der Waals surface area contributed by atoms with Gasteiger partial charge in [-0.1, -0.05) is 54.6 Å². The van der Waals surface area contributed by atoms with Crippen LogP contribution in [-0.2, 0) is 9.53 Å². The summed E-state index contributed by atoms with van der Waals surface area (Å²) in [4.78, 5) is 38.5. The van der Waals surface area contributed by atoms with Crippen molar-refractivity contribution in [3.63, 3.8) is 0 Å². The second-order valence-electron chi connectivity index (χ2n) is 8.85. The van der Waals surface area contributed by atoms with Gasteiger partial charge in [-0.05, 0) is 28.7 Å². The summed E-state index contributed by atoms with van der Waals surface area (Å²) >= 11 is 0. The number of hydrogen-bond acceptors (Lipinski definition) is 5. The summed E-state index contributed by atoms with van der Waals surface area (Å²) in [7, 11) is 0. The number of nitrogens with zero attached hydrogens (tertiary/aromatic N) is 1. The number of benzene rings is 2. The fourth-order valence-electron chi connectivity index (χ4n) is 4.92. The van der Waals surface area contributed by atoms with Gasteiger partial charge in [-0.15, -0.1) is 6.58 Å². The molecule has 2 amide bonds. The zero-order chi connectivity index (χ0) is 24.6. The fraction of sp³-hybridized carbons (Fsp3) is 0.222. The van der Waals surface area contributed by atoms with Gasteiger partial charge in [0.1, 0.15) is 12.0 Å². The lowest BCUT2D eigenvalue weighted by Gasteiger charge is -2.46. The molecule has 5 rings (SSSR count). The van der Waals surface area contributed by atoms with E-state index in [9.17, 15) is 19.5 Å². The first kappa shape index (κ1) is 22.5. The Kier molecular flexibility index (Phi) is 5.64. The van der Waals surface area contributed by atoms with Gasteiger partial charge in [0, 0.05) is 25.1 Å². The zero-order valence-corrected chi connectivity index (χ0v) is 18.9. The summed E-state index contributed by atoms with van der Waals surface area (Å²) in [5, 5.41) is 12.1. The Labute approximate surface area is 201 Å². The Morgan fingerprint density at radius 1 is 1.09 bits per heavy atom. The molecular formula is C27H24N2O6. The normalized spacial score (nSPS) is 15.5. The topological polar surface area (TPSA) is 109 Å². The van der Waals surface area contributed by atoms with Crippen molar-refractivity contribution < 1.29 is 28.6 Å². The van der Waals surface area contributed by atoms with Gasteiger partial charge in [-0.2, -0.15) is 0 Å². The number of aliphatic carboxylic acids is 1. The highest BCUT2D eigenvalue weighted by molar-refractivity contribution is 6.01. The third-order valence-corrected chi connectivity index (χ3v) is 6.70. The number of hydrogen-bond donors (Lipinski definition) is 2. The van der Waals surface area contributed by atoms with Crippen molar-refractivity contribution in [2.24, 2.45) is 5.41 Å². The number of amides is 2. The Balaban J connectivity index is 1.24. The molecule has 8 heteroatoms. The van der Waals surface area contributed by atoms with E-state index < -0.39 is 23.4 Å². The molecule has 2 heterocycles. The highest BCUT2D eigenvalue weighted by Crippen LogP contribution is 2.44. The lowest BCUT2D eigenvalue weighted by molar-refractivity contribution is -0.157. The number of fused-ring (bicyclic) bond motifs is 3. The molecule has 178 valence electrons. The largest absolute Gasteiger partial charge is 0.481 e. The number of carboxylic acid groups (broad SMARTS) is 1. The van der Waals surface area contributed by atoms with Crippen molar-refractivity contribution >= 4 is 23.7 Å². The van der Waals surface area contributed by atoms with Crippen LogP contribution in [-0.4, -0.2) is 47.7 Å². The van der Waals surface area contributed by atoms with Crippen LogP contribution < -0.4 is 5.32 Å². The predicted molar refractivity (Wildman–Crippen MR) is 128 cm³/mol. The number of likely N-dealkylation sites (tertiary alicyclic amines) is 1. The first-order valence-corrected chi connectivity index (χ1v) is 11.3. The van der Waals surface area contributed by atoms with Crippen LogP contribution in [0.25, 0.3) is 11.1 Å². The van der Waals surface area contributed by atoms with E-state index in [1.807, 2.05) is 36.4 Å². The van der Waals surface area contributed by atoms with Gasteiger partial charge in [0.25, 0.3) is 5.91 Å². The Hall–Kier alpha value is -4.33. The van der Waals surface area contributed by atoms with Gasteiger partial charge in [-0.25, -0.2) is 4.79 Å². The molecule has 2 aromatic carbocycles. The number of ether oxygens (including phenoxy) is 1. The van der Waals surface area contributed by atoms with Crippen LogP contribution in [0.15, 0.2) is 77.9 Å². The maximum absolute atomic E-state index is 12.9. The number of rotatable bonds is 7. The molecule has 1 aliphatic carbocycles. The van der Waals surface area contributed by atoms with Crippen molar-refractivity contribution in [3.05, 3.63) is 90.4 Å². The van der Waals surface area contributed by atoms with Gasteiger partial charge in [0.15, 0.2) is 0 Å². The number of carbonyl (C=O) groups is 3. The van der Waals surface area contributed by atoms with Crippen LogP contribution in [0, 0.1) is 5.41 Å². The van der Waals surface area contributed by atoms with E-state index in [2.05, 4.69) is 24.0 Å². The van der Waals surface area contributed by atoms with E-state index >= 15 is 0 Å². The molecule has 0 radical (unpaired) electrons. The van der Waals surface area contributed by atoms with Crippen LogP contribution in [0.1, 0.15) is 34.0 Å². The molecule has 2 aliphatic rings. The van der Waals surface area contributed by atoms with Crippen molar-refractivity contribution in [3.8, 4) is 11.1 Å². The smallest absolute Gasteiger partial charge is 0.411 e. The summed E-state index contributed by atoms with van der Waals surface area (Å²) in [6.07, 6.45) is 2.37. The van der Waals surface area contributed by atoms with E-state index in [0.717, 1.165) is 22.3 Å². The predicted octanol–water partition coefficient (Wildman–Crippen LogP) is 4.74. The van der Waals surface area contributed by atoms with E-state index in [-0.39, 0.29) is 43.5 Å². The first-order chi connectivity index (χ1) is 16.9. The molecule has 0 saturated carbocycles. The minimum absolute atomic E-state index is 0.0400. The second-order valence-corrected chi connectivity index (χ2v) is 8.85. The van der Waals surface area contributed by atoms with Crippen molar-refractivity contribution in [2.75, 3.05) is 25.0 Å². The second kappa shape index (κ2) is 8.79. The number of nitrogens with one attached hydrogen (secondary N) is 1. The van der Waals surface area contributed by atoms with Crippen molar-refractivity contribution in [1.82, 2.24) is 4.90 Å². The number of furan rings is 1. The number of anilines is 1. The summed E-state index contributed by atoms with van der Waals surface area (Å²) in [5.41, 5.74) is 3.58. The molecule has 35 heavy (non-hydrogen) atoms. The number of carbonyl (C=O) groups excluding carboxylic acids is 2. The average molecular weight is 472 g/mol. The lowest BCUT2D eigenvalue weighted by atomic mass is 9.76. The molecule has 0 unspecified atom stereocenters. The van der Waals surface area contributed by atoms with Gasteiger partial charge >= 0.3 is 12.1 Å². The maximum atomic E-state index is 12.9. The molecule has 1 saturated heterocycles. The first-order valence-electron chi connectivity index (χ1n) is 11.3. The molecule has 0 bridgehead atoms. The molecule has 1 aromatic heterocycles. The minimum Gasteiger partial charge on any atom is -0.481 e. The maximum Gasteiger partial charge on any atom is 0.411 e. The highest BCUT2D eigenvalue weighted by Gasteiger charge is 2.51. The third-order valence-electron chi connectivity index (χ3n) is 6.70. The van der Waals surface area contributed by atoms with Crippen LogP contribution in [0.5, 0.6) is 0 Å². The zero-order valence-electron chi connectivity index (χ0n) is 18.9. The number of carboxylic acids is 1. The number of allylic oxidation sites excluding steroid dienone is 1. The molecule has 1 aliphatic heterocycles. The SMILES string of the molecule is C=CCC1(C(=O)O)CN(C(=O)c2occc2NC(=O)OCC2c3ccccc3-c3ccccc32)C1. The molecular weight excluding hydrogens is 448 g/mol. The van der Waals surface area contributed by atoms with Crippen LogP contribution in [0.3, 0.4) is 0 Å². The summed E-state index contributed by atoms with van der Waals surface area (Å²) in [5.74, 6) is -1.63. The Bertz CT molecular complexity index is 1270. The molecule has 0 spiro atoms. The van der Waals surface area contributed by atoms with E-state index in [1.165, 1.54) is 23.3 Å². The summed E-state index contributed by atoms with van der Waals surface area (Å²) < 4.78 is 10.9. The van der Waals surface area contributed by atoms with Crippen molar-refractivity contribution in [2.45, 2.75) is 12.3 Å². The van der Waals surface area contributed by atoms with Crippen LogP contribution >= 0.6 is 0 Å². The van der Waals surface area contributed by atoms with Gasteiger partial charge in [0.2, 0.25) is 5.76 Å². The summed E-state index contributed by atoms with van der Waals surface area (Å²) in [6, 6.07) is 17.5. The highest BCUT2D eigenvalue weighted by atomic mass is 16.5. The average Bonchev–Trinajstić information content (AvgIpc) is 3.41. The fourth-order valence-corrected chi connectivity index (χ4v) is 4.92. The van der Waals surface area contributed by atoms with Crippen LogP contribution in [0.2, 0.25) is 0 Å². The molecule has 1 fully saturated rings.